The molecule has 48 heavy (non-hydrogen) atoms. The van der Waals surface area contributed by atoms with Crippen LogP contribution in [0.4, 0.5) is 0 Å². The second kappa shape index (κ2) is 38.8. The van der Waals surface area contributed by atoms with Gasteiger partial charge in [-0.05, 0) is 83.5 Å². The molecule has 272 valence electrons. The van der Waals surface area contributed by atoms with E-state index < -0.39 is 12.1 Å². The molecule has 0 spiro atoms. The zero-order valence-electron chi connectivity index (χ0n) is 31.0. The maximum atomic E-state index is 12.3. The Hall–Kier alpha value is -2.69. The van der Waals surface area contributed by atoms with E-state index >= 15 is 0 Å². The largest absolute Gasteiger partial charge is 0.394 e. The van der Waals surface area contributed by atoms with Crippen molar-refractivity contribution in [3.05, 3.63) is 97.2 Å². The van der Waals surface area contributed by atoms with Crippen molar-refractivity contribution in [2.75, 3.05) is 6.61 Å². The lowest BCUT2D eigenvalue weighted by Gasteiger charge is -2.19. The van der Waals surface area contributed by atoms with Gasteiger partial charge in [-0.1, -0.05) is 162 Å². The van der Waals surface area contributed by atoms with Crippen LogP contribution >= 0.6 is 0 Å². The summed E-state index contributed by atoms with van der Waals surface area (Å²) in [5.41, 5.74) is 0. The van der Waals surface area contributed by atoms with Gasteiger partial charge < -0.3 is 15.5 Å². The lowest BCUT2D eigenvalue weighted by atomic mass is 10.1. The highest BCUT2D eigenvalue weighted by Crippen LogP contribution is 2.10. The van der Waals surface area contributed by atoms with Gasteiger partial charge in [0, 0.05) is 6.42 Å². The monoisotopic (exact) mass is 664 g/mol. The fourth-order valence-electron chi connectivity index (χ4n) is 5.08. The van der Waals surface area contributed by atoms with E-state index in [9.17, 15) is 15.0 Å². The zero-order valence-corrected chi connectivity index (χ0v) is 31.0. The minimum absolute atomic E-state index is 0.105. The molecule has 0 heterocycles. The van der Waals surface area contributed by atoms with Crippen molar-refractivity contribution in [3.8, 4) is 0 Å². The number of rotatable bonds is 33. The Bertz CT molecular complexity index is 937. The summed E-state index contributed by atoms with van der Waals surface area (Å²) in [6, 6.07) is -0.658. The summed E-state index contributed by atoms with van der Waals surface area (Å²) < 4.78 is 0. The van der Waals surface area contributed by atoms with Crippen LogP contribution in [0.3, 0.4) is 0 Å². The lowest BCUT2D eigenvalue weighted by molar-refractivity contribution is -0.123. The molecule has 0 aliphatic heterocycles. The minimum Gasteiger partial charge on any atom is -0.394 e. The van der Waals surface area contributed by atoms with Crippen LogP contribution in [0.5, 0.6) is 0 Å². The first-order chi connectivity index (χ1) is 23.7. The summed E-state index contributed by atoms with van der Waals surface area (Å²) in [4.78, 5) is 12.3. The average molecular weight is 664 g/mol. The van der Waals surface area contributed by atoms with Crippen molar-refractivity contribution in [3.63, 3.8) is 0 Å². The molecular weight excluding hydrogens is 590 g/mol. The van der Waals surface area contributed by atoms with E-state index in [1.165, 1.54) is 44.9 Å². The van der Waals surface area contributed by atoms with Crippen LogP contribution in [-0.4, -0.2) is 34.9 Å². The number of carbonyl (C=O) groups is 1. The van der Waals surface area contributed by atoms with Crippen LogP contribution < -0.4 is 5.32 Å². The molecule has 0 saturated carbocycles. The molecule has 4 nitrogen and oxygen atoms in total. The van der Waals surface area contributed by atoms with Crippen molar-refractivity contribution in [1.82, 2.24) is 5.32 Å². The Kier molecular flexibility index (Phi) is 36.6. The fourth-order valence-corrected chi connectivity index (χ4v) is 5.08. The maximum absolute atomic E-state index is 12.3. The van der Waals surface area contributed by atoms with Crippen molar-refractivity contribution in [1.29, 1.82) is 0 Å². The van der Waals surface area contributed by atoms with E-state index in [0.29, 0.717) is 6.42 Å². The van der Waals surface area contributed by atoms with Crippen LogP contribution in [0.1, 0.15) is 155 Å². The van der Waals surface area contributed by atoms with Gasteiger partial charge in [-0.2, -0.15) is 0 Å². The van der Waals surface area contributed by atoms with Crippen LogP contribution in [0.2, 0.25) is 0 Å². The first kappa shape index (κ1) is 45.3. The highest BCUT2D eigenvalue weighted by molar-refractivity contribution is 5.76. The van der Waals surface area contributed by atoms with Gasteiger partial charge in [-0.3, -0.25) is 4.79 Å². The molecule has 4 heteroatoms. The third kappa shape index (κ3) is 34.6. The number of aliphatic hydroxyl groups is 2. The van der Waals surface area contributed by atoms with E-state index in [-0.39, 0.29) is 12.5 Å². The number of hydrogen-bond acceptors (Lipinski definition) is 3. The van der Waals surface area contributed by atoms with Gasteiger partial charge >= 0.3 is 0 Å². The van der Waals surface area contributed by atoms with E-state index in [4.69, 9.17) is 0 Å². The van der Waals surface area contributed by atoms with E-state index in [0.717, 1.165) is 89.9 Å². The molecule has 0 aliphatic rings. The lowest BCUT2D eigenvalue weighted by Crippen LogP contribution is -2.45. The molecule has 0 aromatic carbocycles. The van der Waals surface area contributed by atoms with Gasteiger partial charge in [-0.15, -0.1) is 0 Å². The summed E-state index contributed by atoms with van der Waals surface area (Å²) >= 11 is 0. The molecule has 0 aliphatic carbocycles. The highest BCUT2D eigenvalue weighted by atomic mass is 16.3. The maximum Gasteiger partial charge on any atom is 0.220 e. The average Bonchev–Trinajstić information content (AvgIpc) is 3.09. The molecular formula is C44H73NO3. The van der Waals surface area contributed by atoms with Crippen LogP contribution in [0, 0.1) is 0 Å². The smallest absolute Gasteiger partial charge is 0.220 e. The zero-order chi connectivity index (χ0) is 35.0. The molecule has 2 unspecified atom stereocenters. The topological polar surface area (TPSA) is 69.6 Å². The number of hydrogen-bond donors (Lipinski definition) is 3. The van der Waals surface area contributed by atoms with E-state index in [2.05, 4.69) is 104 Å². The van der Waals surface area contributed by atoms with Crippen molar-refractivity contribution in [2.24, 2.45) is 0 Å². The van der Waals surface area contributed by atoms with Gasteiger partial charge in [0.15, 0.2) is 0 Å². The van der Waals surface area contributed by atoms with Crippen LogP contribution in [0.25, 0.3) is 0 Å². The summed E-state index contributed by atoms with van der Waals surface area (Å²) in [6.07, 6.45) is 57.8. The predicted molar refractivity (Wildman–Crippen MR) is 211 cm³/mol. The van der Waals surface area contributed by atoms with Crippen LogP contribution in [-0.2, 0) is 4.79 Å². The summed E-state index contributed by atoms with van der Waals surface area (Å²) in [6.45, 7) is 4.13. The van der Waals surface area contributed by atoms with Crippen molar-refractivity contribution in [2.45, 2.75) is 167 Å². The molecule has 3 N–H and O–H groups in total. The number of unbranched alkanes of at least 4 members (excludes halogenated alkanes) is 12. The van der Waals surface area contributed by atoms with Gasteiger partial charge in [0.05, 0.1) is 18.8 Å². The molecule has 0 aromatic heterocycles. The molecule has 0 bridgehead atoms. The second-order valence-electron chi connectivity index (χ2n) is 12.6. The first-order valence-electron chi connectivity index (χ1n) is 19.5. The molecule has 0 rings (SSSR count). The van der Waals surface area contributed by atoms with Gasteiger partial charge in [0.2, 0.25) is 5.91 Å². The Morgan fingerprint density at radius 2 is 0.938 bits per heavy atom. The number of carbonyl (C=O) groups excluding carboxylic acids is 1. The molecule has 2 atom stereocenters. The van der Waals surface area contributed by atoms with Crippen molar-refractivity contribution < 1.29 is 15.0 Å². The van der Waals surface area contributed by atoms with E-state index in [1.807, 2.05) is 6.08 Å². The normalized spacial score (nSPS) is 14.2. The predicted octanol–water partition coefficient (Wildman–Crippen LogP) is 11.9. The summed E-state index contributed by atoms with van der Waals surface area (Å²) in [5.74, 6) is -0.105. The molecule has 0 fully saturated rings. The molecule has 0 aromatic rings. The van der Waals surface area contributed by atoms with Crippen LogP contribution in [0.15, 0.2) is 97.2 Å². The molecule has 0 saturated heterocycles. The summed E-state index contributed by atoms with van der Waals surface area (Å²) in [7, 11) is 0. The Morgan fingerprint density at radius 1 is 0.521 bits per heavy atom. The number of aliphatic hydroxyl groups excluding tert-OH is 2. The third-order valence-electron chi connectivity index (χ3n) is 8.05. The Morgan fingerprint density at radius 3 is 1.46 bits per heavy atom. The molecule has 1 amide bonds. The fraction of sp³-hybridized carbons (Fsp3) is 0.614. The molecule has 0 radical (unpaired) electrons. The number of amides is 1. The minimum atomic E-state index is -0.878. The van der Waals surface area contributed by atoms with Gasteiger partial charge in [0.25, 0.3) is 0 Å². The highest BCUT2D eigenvalue weighted by Gasteiger charge is 2.17. The number of nitrogens with one attached hydrogen (secondary N) is 1. The van der Waals surface area contributed by atoms with E-state index in [1.54, 1.807) is 6.08 Å². The standard InChI is InChI=1S/C44H73NO3/c1-3-5-7-9-11-13-15-17-18-19-20-21-22-23-24-25-26-28-30-32-34-36-38-40-44(48)45-42(41-46)43(47)39-37-35-33-31-29-27-16-14-12-10-8-6-4-2/h5,7,11,13,17-18,20-21,23-24,26,28-29,31,37,39,42-43,46-47H,3-4,6,8-10,12,14-16,19,22,25,27,30,32-36,38,40-41H2,1-2H3,(H,45,48)/b7-5-,13-11-,18-17-,21-20-,24-23-,28-26-,31-29+,39-37+. The Labute approximate surface area is 296 Å². The summed E-state index contributed by atoms with van der Waals surface area (Å²) in [5, 5.41) is 22.9. The van der Waals surface area contributed by atoms with Gasteiger partial charge in [-0.25, -0.2) is 0 Å². The third-order valence-corrected chi connectivity index (χ3v) is 8.05. The van der Waals surface area contributed by atoms with Crippen molar-refractivity contribution >= 4 is 5.91 Å². The van der Waals surface area contributed by atoms with Gasteiger partial charge in [0.1, 0.15) is 0 Å². The second-order valence-corrected chi connectivity index (χ2v) is 12.6. The number of allylic oxidation sites excluding steroid dienone is 15. The Balaban J connectivity index is 3.77. The first-order valence-corrected chi connectivity index (χ1v) is 19.5. The quantitative estimate of drug-likeness (QED) is 0.0483. The SMILES string of the molecule is CC/C=C\C/C=C\C/C=C\C/C=C\C/C=C\C/C=C\CCCCCCC(=O)NC(CO)C(O)/C=C/CC/C=C/CCCCCCCCC.